The first-order chi connectivity index (χ1) is 22.3. The van der Waals surface area contributed by atoms with E-state index in [1.807, 2.05) is 35.2 Å². The molecule has 2 heterocycles. The van der Waals surface area contributed by atoms with Crippen molar-refractivity contribution in [3.63, 3.8) is 0 Å². The minimum atomic E-state index is -0.678. The van der Waals surface area contributed by atoms with E-state index in [9.17, 15) is 19.2 Å². The fourth-order valence-electron chi connectivity index (χ4n) is 6.36. The fraction of sp³-hybridized carbons (Fsp3) is 0.457. The molecule has 46 heavy (non-hydrogen) atoms. The van der Waals surface area contributed by atoms with Crippen LogP contribution in [-0.4, -0.2) is 81.5 Å². The smallest absolute Gasteiger partial charge is 0.270 e. The van der Waals surface area contributed by atoms with Crippen LogP contribution in [0.25, 0.3) is 0 Å². The van der Waals surface area contributed by atoms with Gasteiger partial charge in [-0.15, -0.1) is 0 Å². The monoisotopic (exact) mass is 627 g/mol. The molecule has 1 aliphatic carbocycles. The van der Waals surface area contributed by atoms with Gasteiger partial charge in [-0.25, -0.2) is 0 Å². The molecule has 0 radical (unpaired) electrons. The van der Waals surface area contributed by atoms with Gasteiger partial charge >= 0.3 is 0 Å². The highest BCUT2D eigenvalue weighted by Gasteiger charge is 2.33. The number of carbonyl (C=O) groups excluding carboxylic acids is 4. The van der Waals surface area contributed by atoms with Gasteiger partial charge in [-0.1, -0.05) is 62.2 Å². The van der Waals surface area contributed by atoms with E-state index >= 15 is 0 Å². The van der Waals surface area contributed by atoms with Crippen LogP contribution in [0.5, 0.6) is 0 Å². The van der Waals surface area contributed by atoms with Gasteiger partial charge in [-0.3, -0.25) is 28.8 Å². The zero-order valence-corrected chi connectivity index (χ0v) is 26.8. The van der Waals surface area contributed by atoms with Crippen molar-refractivity contribution in [2.24, 2.45) is 13.0 Å². The summed E-state index contributed by atoms with van der Waals surface area (Å²) in [4.78, 5) is 56.6. The van der Waals surface area contributed by atoms with E-state index in [1.54, 1.807) is 38.4 Å². The molecule has 2 unspecified atom stereocenters. The molecule has 3 aromatic rings. The van der Waals surface area contributed by atoms with Gasteiger partial charge in [0.05, 0.1) is 0 Å². The van der Waals surface area contributed by atoms with Crippen LogP contribution in [0.15, 0.2) is 66.9 Å². The molecule has 2 fully saturated rings. The quantitative estimate of drug-likeness (QED) is 0.283. The molecule has 2 atom stereocenters. The Kier molecular flexibility index (Phi) is 11.2. The van der Waals surface area contributed by atoms with E-state index in [4.69, 9.17) is 0 Å². The number of nitrogens with zero attached hydrogens (tertiary/aromatic N) is 4. The molecule has 4 amide bonds. The number of aryl methyl sites for hydroxylation is 1. The lowest BCUT2D eigenvalue weighted by atomic mass is 9.96. The summed E-state index contributed by atoms with van der Waals surface area (Å²) < 4.78 is 1.49. The molecule has 0 spiro atoms. The van der Waals surface area contributed by atoms with Crippen LogP contribution in [0.3, 0.4) is 0 Å². The second-order valence-corrected chi connectivity index (χ2v) is 12.3. The Labute approximate surface area is 270 Å². The second-order valence-electron chi connectivity index (χ2n) is 12.3. The molecule has 11 nitrogen and oxygen atoms in total. The van der Waals surface area contributed by atoms with Gasteiger partial charge in [-0.2, -0.15) is 5.10 Å². The third-order valence-electron chi connectivity index (χ3n) is 9.04. The number of anilines is 1. The van der Waals surface area contributed by atoms with E-state index < -0.39 is 12.1 Å². The summed E-state index contributed by atoms with van der Waals surface area (Å²) in [7, 11) is 1.69. The number of rotatable bonds is 12. The van der Waals surface area contributed by atoms with E-state index in [0.717, 1.165) is 50.9 Å². The Morgan fingerprint density at radius 1 is 0.870 bits per heavy atom. The highest BCUT2D eigenvalue weighted by Crippen LogP contribution is 2.29. The van der Waals surface area contributed by atoms with Gasteiger partial charge in [0.1, 0.15) is 17.8 Å². The highest BCUT2D eigenvalue weighted by molar-refractivity contribution is 6.00. The number of hydrogen-bond acceptors (Lipinski definition) is 6. The maximum absolute atomic E-state index is 13.6. The van der Waals surface area contributed by atoms with Crippen LogP contribution < -0.4 is 16.0 Å². The molecule has 0 bridgehead atoms. The van der Waals surface area contributed by atoms with Gasteiger partial charge in [-0.05, 0) is 48.1 Å². The van der Waals surface area contributed by atoms with E-state index in [0.29, 0.717) is 37.3 Å². The first-order valence-electron chi connectivity index (χ1n) is 16.3. The average molecular weight is 628 g/mol. The summed E-state index contributed by atoms with van der Waals surface area (Å²) >= 11 is 0. The van der Waals surface area contributed by atoms with Crippen molar-refractivity contribution in [3.05, 3.63) is 83.7 Å². The fourth-order valence-corrected chi connectivity index (χ4v) is 6.36. The number of benzene rings is 2. The van der Waals surface area contributed by atoms with Crippen LogP contribution in [0.1, 0.15) is 60.6 Å². The summed E-state index contributed by atoms with van der Waals surface area (Å²) in [5.41, 5.74) is 3.11. The summed E-state index contributed by atoms with van der Waals surface area (Å²) in [6.07, 6.45) is 6.01. The molecule has 1 saturated heterocycles. The Hall–Kier alpha value is -4.51. The molecule has 5 rings (SSSR count). The SMILES string of the molecule is CCC(=O)NC(Cc1ccc(NC(=O)C(NC(=O)c2ccnn2C)C2CCCC2)cc1)C(=O)N1CCN(Cc2ccccc2)CC1. The predicted molar refractivity (Wildman–Crippen MR) is 176 cm³/mol. The largest absolute Gasteiger partial charge is 0.344 e. The second kappa shape index (κ2) is 15.7. The van der Waals surface area contributed by atoms with Gasteiger partial charge < -0.3 is 20.9 Å². The number of nitrogens with one attached hydrogen (secondary N) is 3. The summed E-state index contributed by atoms with van der Waals surface area (Å²) in [5.74, 6) is -0.779. The van der Waals surface area contributed by atoms with Crippen LogP contribution >= 0.6 is 0 Å². The lowest BCUT2D eigenvalue weighted by molar-refractivity contribution is -0.138. The van der Waals surface area contributed by atoms with Gasteiger partial charge in [0, 0.05) is 64.5 Å². The Morgan fingerprint density at radius 3 is 2.20 bits per heavy atom. The first-order valence-corrected chi connectivity index (χ1v) is 16.3. The van der Waals surface area contributed by atoms with Gasteiger partial charge in [0.25, 0.3) is 5.91 Å². The van der Waals surface area contributed by atoms with Crippen molar-refractivity contribution in [1.29, 1.82) is 0 Å². The van der Waals surface area contributed by atoms with E-state index in [-0.39, 0.29) is 29.5 Å². The Bertz CT molecular complexity index is 1480. The van der Waals surface area contributed by atoms with Crippen molar-refractivity contribution in [3.8, 4) is 0 Å². The molecule has 2 aliphatic rings. The van der Waals surface area contributed by atoms with Crippen molar-refractivity contribution < 1.29 is 19.2 Å². The van der Waals surface area contributed by atoms with E-state index in [1.165, 1.54) is 10.2 Å². The van der Waals surface area contributed by atoms with Crippen LogP contribution in [0.2, 0.25) is 0 Å². The number of piperazine rings is 1. The summed E-state index contributed by atoms with van der Waals surface area (Å²) in [6.45, 7) is 5.37. The lowest BCUT2D eigenvalue weighted by Gasteiger charge is -2.36. The molecule has 1 aromatic heterocycles. The predicted octanol–water partition coefficient (Wildman–Crippen LogP) is 3.13. The van der Waals surface area contributed by atoms with Crippen molar-refractivity contribution in [2.75, 3.05) is 31.5 Å². The Morgan fingerprint density at radius 2 is 1.57 bits per heavy atom. The molecular weight excluding hydrogens is 582 g/mol. The van der Waals surface area contributed by atoms with Crippen molar-refractivity contribution in [1.82, 2.24) is 30.2 Å². The third-order valence-corrected chi connectivity index (χ3v) is 9.04. The molecular formula is C35H45N7O4. The third kappa shape index (κ3) is 8.60. The Balaban J connectivity index is 1.19. The minimum Gasteiger partial charge on any atom is -0.344 e. The topological polar surface area (TPSA) is 129 Å². The molecule has 244 valence electrons. The molecule has 11 heteroatoms. The molecule has 1 aliphatic heterocycles. The lowest BCUT2D eigenvalue weighted by Crippen LogP contribution is -2.55. The average Bonchev–Trinajstić information content (AvgIpc) is 3.77. The molecule has 2 aromatic carbocycles. The van der Waals surface area contributed by atoms with Crippen molar-refractivity contribution in [2.45, 2.75) is 64.1 Å². The number of amides is 4. The van der Waals surface area contributed by atoms with Gasteiger partial charge in [0.2, 0.25) is 17.7 Å². The molecule has 3 N–H and O–H groups in total. The zero-order chi connectivity index (χ0) is 32.5. The van der Waals surface area contributed by atoms with Gasteiger partial charge in [0.15, 0.2) is 0 Å². The minimum absolute atomic E-state index is 0.0607. The van der Waals surface area contributed by atoms with E-state index in [2.05, 4.69) is 38.1 Å². The standard InChI is InChI=1S/C35H45N7O4/c1-3-31(43)38-29(35(46)42-21-19-41(20-22-42)24-26-9-5-4-6-10-26)23-25-13-15-28(16-14-25)37-34(45)32(27-11-7-8-12-27)39-33(44)30-17-18-36-40(30)2/h4-6,9-10,13-18,27,29,32H,3,7-8,11-12,19-24H2,1-2H3,(H,37,45)(H,38,43)(H,39,44). The first kappa shape index (κ1) is 32.9. The van der Waals surface area contributed by atoms with Crippen LogP contribution in [-0.2, 0) is 34.4 Å². The molecule has 1 saturated carbocycles. The van der Waals surface area contributed by atoms with Crippen LogP contribution in [0.4, 0.5) is 5.69 Å². The zero-order valence-electron chi connectivity index (χ0n) is 26.8. The maximum atomic E-state index is 13.6. The maximum Gasteiger partial charge on any atom is 0.270 e. The highest BCUT2D eigenvalue weighted by atomic mass is 16.2. The summed E-state index contributed by atoms with van der Waals surface area (Å²) in [6, 6.07) is 17.9. The number of carbonyl (C=O) groups is 4. The number of hydrogen-bond donors (Lipinski definition) is 3. The summed E-state index contributed by atoms with van der Waals surface area (Å²) in [5, 5.41) is 12.9. The normalized spacial score (nSPS) is 16.9. The van der Waals surface area contributed by atoms with Crippen LogP contribution in [0, 0.1) is 5.92 Å². The van der Waals surface area contributed by atoms with Crippen molar-refractivity contribution >= 4 is 29.3 Å². The number of aromatic nitrogens is 2.